The van der Waals surface area contributed by atoms with Crippen LogP contribution in [-0.4, -0.2) is 4.40 Å². The number of pyridine rings is 1. The molecule has 0 bridgehead atoms. The number of hydrogen-bond donors (Lipinski definition) is 0. The second-order valence-electron chi connectivity index (χ2n) is 4.02. The molecule has 17 heavy (non-hydrogen) atoms. The molecule has 84 valence electrons. The number of halogens is 1. The van der Waals surface area contributed by atoms with Gasteiger partial charge in [-0.15, -0.1) is 0 Å². The van der Waals surface area contributed by atoms with Crippen LogP contribution < -0.4 is 4.57 Å². The van der Waals surface area contributed by atoms with Gasteiger partial charge in [0.15, 0.2) is 0 Å². The maximum atomic E-state index is 5.96. The molecule has 0 aliphatic heterocycles. The Bertz CT molecular complexity index is 644. The van der Waals surface area contributed by atoms with Crippen molar-refractivity contribution in [3.63, 3.8) is 0 Å². The zero-order valence-electron chi connectivity index (χ0n) is 9.25. The van der Waals surface area contributed by atoms with Crippen LogP contribution in [0.15, 0.2) is 61.1 Å². The first-order chi connectivity index (χ1) is 8.33. The van der Waals surface area contributed by atoms with Gasteiger partial charge in [0.1, 0.15) is 25.1 Å². The van der Waals surface area contributed by atoms with Crippen LogP contribution in [0.2, 0.25) is 5.02 Å². The van der Waals surface area contributed by atoms with Crippen LogP contribution in [0.5, 0.6) is 0 Å². The monoisotopic (exact) mass is 243 g/mol. The van der Waals surface area contributed by atoms with Crippen LogP contribution in [0.3, 0.4) is 0 Å². The van der Waals surface area contributed by atoms with Gasteiger partial charge in [-0.25, -0.2) is 8.97 Å². The van der Waals surface area contributed by atoms with Gasteiger partial charge in [-0.1, -0.05) is 41.9 Å². The maximum Gasteiger partial charge on any atom is 0.286 e. The first-order valence-corrected chi connectivity index (χ1v) is 5.90. The summed E-state index contributed by atoms with van der Waals surface area (Å²) in [5.41, 5.74) is 2.43. The average molecular weight is 244 g/mol. The average Bonchev–Trinajstić information content (AvgIpc) is 2.73. The summed E-state index contributed by atoms with van der Waals surface area (Å²) in [4.78, 5) is 0. The highest BCUT2D eigenvalue weighted by Gasteiger charge is 2.09. The predicted octanol–water partition coefficient (Wildman–Crippen LogP) is 2.93. The SMILES string of the molecule is Clc1ccc2n(cc[n+]2Cc2ccccc2)c1. The topological polar surface area (TPSA) is 8.29 Å². The number of aromatic nitrogens is 2. The lowest BCUT2D eigenvalue weighted by Crippen LogP contribution is -2.32. The third-order valence-corrected chi connectivity index (χ3v) is 3.04. The Hall–Kier alpha value is -1.80. The fraction of sp³-hybridized carbons (Fsp3) is 0.0714. The van der Waals surface area contributed by atoms with E-state index in [9.17, 15) is 0 Å². The van der Waals surface area contributed by atoms with Crippen LogP contribution >= 0.6 is 11.6 Å². The third kappa shape index (κ3) is 2.04. The standard InChI is InChI=1S/C14H12ClN2/c15-13-6-7-14-16(8-9-17(14)11-13)10-12-4-2-1-3-5-12/h1-9,11H,10H2/q+1. The molecule has 0 aliphatic rings. The molecule has 1 aromatic carbocycles. The van der Waals surface area contributed by atoms with E-state index >= 15 is 0 Å². The molecule has 0 aliphatic carbocycles. The van der Waals surface area contributed by atoms with Gasteiger partial charge in [-0.3, -0.25) is 0 Å². The second-order valence-corrected chi connectivity index (χ2v) is 4.46. The number of rotatable bonds is 2. The molecule has 3 heteroatoms. The summed E-state index contributed by atoms with van der Waals surface area (Å²) in [7, 11) is 0. The predicted molar refractivity (Wildman–Crippen MR) is 68.1 cm³/mol. The van der Waals surface area contributed by atoms with E-state index in [0.717, 1.165) is 17.2 Å². The van der Waals surface area contributed by atoms with Crippen LogP contribution in [0.4, 0.5) is 0 Å². The molecule has 2 heterocycles. The van der Waals surface area contributed by atoms with Crippen molar-refractivity contribution in [2.45, 2.75) is 6.54 Å². The van der Waals surface area contributed by atoms with E-state index in [0.29, 0.717) is 0 Å². The minimum Gasteiger partial charge on any atom is -0.226 e. The highest BCUT2D eigenvalue weighted by Crippen LogP contribution is 2.09. The van der Waals surface area contributed by atoms with E-state index in [4.69, 9.17) is 11.6 Å². The molecule has 0 spiro atoms. The smallest absolute Gasteiger partial charge is 0.226 e. The van der Waals surface area contributed by atoms with Crippen molar-refractivity contribution in [2.24, 2.45) is 0 Å². The zero-order chi connectivity index (χ0) is 11.7. The third-order valence-electron chi connectivity index (χ3n) is 2.82. The van der Waals surface area contributed by atoms with Gasteiger partial charge in [-0.2, -0.15) is 0 Å². The molecule has 0 saturated heterocycles. The van der Waals surface area contributed by atoms with Crippen LogP contribution in [0.1, 0.15) is 5.56 Å². The number of imidazole rings is 1. The normalized spacial score (nSPS) is 10.9. The van der Waals surface area contributed by atoms with Crippen molar-refractivity contribution in [3.8, 4) is 0 Å². The molecular weight excluding hydrogens is 232 g/mol. The van der Waals surface area contributed by atoms with Gasteiger partial charge in [0, 0.05) is 6.07 Å². The number of nitrogens with zero attached hydrogens (tertiary/aromatic N) is 2. The van der Waals surface area contributed by atoms with E-state index in [1.165, 1.54) is 5.56 Å². The summed E-state index contributed by atoms with van der Waals surface area (Å²) >= 11 is 5.96. The van der Waals surface area contributed by atoms with Crippen molar-refractivity contribution in [1.29, 1.82) is 0 Å². The van der Waals surface area contributed by atoms with Crippen molar-refractivity contribution in [1.82, 2.24) is 4.40 Å². The minimum atomic E-state index is 0.750. The molecule has 0 saturated carbocycles. The highest BCUT2D eigenvalue weighted by molar-refractivity contribution is 6.30. The Morgan fingerprint density at radius 1 is 1.06 bits per heavy atom. The summed E-state index contributed by atoms with van der Waals surface area (Å²) in [6, 6.07) is 14.4. The van der Waals surface area contributed by atoms with E-state index in [1.807, 2.05) is 35.0 Å². The van der Waals surface area contributed by atoms with E-state index in [2.05, 4.69) is 35.0 Å². The van der Waals surface area contributed by atoms with E-state index < -0.39 is 0 Å². The molecule has 3 aromatic rings. The minimum absolute atomic E-state index is 0.750. The van der Waals surface area contributed by atoms with E-state index in [-0.39, 0.29) is 0 Å². The Morgan fingerprint density at radius 3 is 2.71 bits per heavy atom. The number of fused-ring (bicyclic) bond motifs is 1. The molecule has 2 nitrogen and oxygen atoms in total. The lowest BCUT2D eigenvalue weighted by atomic mass is 10.2. The summed E-state index contributed by atoms with van der Waals surface area (Å²) in [5, 5.41) is 0.750. The van der Waals surface area contributed by atoms with Crippen molar-refractivity contribution in [2.75, 3.05) is 0 Å². The van der Waals surface area contributed by atoms with Gasteiger partial charge in [0.05, 0.1) is 5.02 Å². The highest BCUT2D eigenvalue weighted by atomic mass is 35.5. The summed E-state index contributed by atoms with van der Waals surface area (Å²) in [6.07, 6.45) is 6.00. The first-order valence-electron chi connectivity index (χ1n) is 5.52. The molecule has 2 aromatic heterocycles. The number of hydrogen-bond acceptors (Lipinski definition) is 0. The number of benzene rings is 1. The molecule has 3 rings (SSSR count). The van der Waals surface area contributed by atoms with Crippen molar-refractivity contribution >= 4 is 17.2 Å². The van der Waals surface area contributed by atoms with Gasteiger partial charge >= 0.3 is 0 Å². The maximum absolute atomic E-state index is 5.96. The molecule has 0 atom stereocenters. The Balaban J connectivity index is 2.01. The molecule has 0 unspecified atom stereocenters. The van der Waals surface area contributed by atoms with Gasteiger partial charge in [0.25, 0.3) is 5.65 Å². The lowest BCUT2D eigenvalue weighted by molar-refractivity contribution is -0.661. The lowest BCUT2D eigenvalue weighted by Gasteiger charge is -1.98. The fourth-order valence-corrected chi connectivity index (χ4v) is 2.16. The van der Waals surface area contributed by atoms with Crippen LogP contribution in [0, 0.1) is 0 Å². The second kappa shape index (κ2) is 4.22. The summed E-state index contributed by atoms with van der Waals surface area (Å²) in [6.45, 7) is 0.874. The Labute approximate surface area is 105 Å². The van der Waals surface area contributed by atoms with Gasteiger partial charge in [-0.05, 0) is 11.6 Å². The van der Waals surface area contributed by atoms with Crippen molar-refractivity contribution < 1.29 is 4.57 Å². The molecular formula is C14H12ClN2+. The molecule has 0 amide bonds. The summed E-state index contributed by atoms with van der Waals surface area (Å²) in [5.74, 6) is 0. The van der Waals surface area contributed by atoms with Gasteiger partial charge in [0.2, 0.25) is 0 Å². The van der Waals surface area contributed by atoms with Crippen LogP contribution in [0.25, 0.3) is 5.65 Å². The quantitative estimate of drug-likeness (QED) is 0.612. The molecule has 0 fully saturated rings. The Morgan fingerprint density at radius 2 is 1.88 bits per heavy atom. The Kier molecular flexibility index (Phi) is 2.57. The molecule has 0 radical (unpaired) electrons. The largest absolute Gasteiger partial charge is 0.286 e. The van der Waals surface area contributed by atoms with Gasteiger partial charge < -0.3 is 0 Å². The van der Waals surface area contributed by atoms with Crippen LogP contribution in [-0.2, 0) is 6.54 Å². The van der Waals surface area contributed by atoms with E-state index in [1.54, 1.807) is 0 Å². The zero-order valence-corrected chi connectivity index (χ0v) is 10.0. The first kappa shape index (κ1) is 10.4. The van der Waals surface area contributed by atoms with Crippen molar-refractivity contribution in [3.05, 3.63) is 71.6 Å². The summed E-state index contributed by atoms with van der Waals surface area (Å²) < 4.78 is 4.23. The molecule has 0 N–H and O–H groups in total. The fourth-order valence-electron chi connectivity index (χ4n) is 1.99.